The lowest BCUT2D eigenvalue weighted by molar-refractivity contribution is 0.270. The van der Waals surface area contributed by atoms with Crippen molar-refractivity contribution in [3.05, 3.63) is 53.5 Å². The number of rotatable bonds is 8. The van der Waals surface area contributed by atoms with Crippen molar-refractivity contribution < 1.29 is 9.15 Å². The van der Waals surface area contributed by atoms with Crippen LogP contribution >= 0.6 is 0 Å². The van der Waals surface area contributed by atoms with E-state index in [9.17, 15) is 0 Å². The summed E-state index contributed by atoms with van der Waals surface area (Å²) in [5.74, 6) is 2.28. The highest BCUT2D eigenvalue weighted by Gasteiger charge is 2.04. The fourth-order valence-electron chi connectivity index (χ4n) is 2.11. The molecule has 3 nitrogen and oxygen atoms in total. The molecule has 3 heteroatoms. The van der Waals surface area contributed by atoms with Crippen molar-refractivity contribution in [2.24, 2.45) is 0 Å². The number of hydrogen-bond donors (Lipinski definition) is 1. The van der Waals surface area contributed by atoms with Gasteiger partial charge in [-0.15, -0.1) is 0 Å². The predicted molar refractivity (Wildman–Crippen MR) is 85.6 cm³/mol. The Morgan fingerprint density at radius 2 is 1.95 bits per heavy atom. The molecule has 21 heavy (non-hydrogen) atoms. The predicted octanol–water partition coefficient (Wildman–Crippen LogP) is 4.48. The van der Waals surface area contributed by atoms with Crippen LogP contribution in [0.3, 0.4) is 0 Å². The average molecular weight is 287 g/mol. The Bertz CT molecular complexity index is 528. The zero-order valence-electron chi connectivity index (χ0n) is 13.2. The number of hydrogen-bond acceptors (Lipinski definition) is 3. The van der Waals surface area contributed by atoms with Gasteiger partial charge in [-0.2, -0.15) is 0 Å². The molecule has 1 aromatic carbocycles. The first-order valence-electron chi connectivity index (χ1n) is 7.68. The molecule has 114 valence electrons. The van der Waals surface area contributed by atoms with Crippen LogP contribution in [0.2, 0.25) is 0 Å². The summed E-state index contributed by atoms with van der Waals surface area (Å²) in [6.45, 7) is 8.88. The van der Waals surface area contributed by atoms with E-state index in [2.05, 4.69) is 38.2 Å². The minimum absolute atomic E-state index is 0.467. The third-order valence-electron chi connectivity index (χ3n) is 3.39. The van der Waals surface area contributed by atoms with E-state index >= 15 is 0 Å². The van der Waals surface area contributed by atoms with Gasteiger partial charge in [-0.3, -0.25) is 0 Å². The van der Waals surface area contributed by atoms with E-state index < -0.39 is 0 Å². The van der Waals surface area contributed by atoms with Crippen LogP contribution in [0.15, 0.2) is 41.0 Å². The number of furan rings is 1. The summed E-state index contributed by atoms with van der Waals surface area (Å²) < 4.78 is 11.3. The van der Waals surface area contributed by atoms with Crippen LogP contribution in [0, 0.1) is 0 Å². The summed E-state index contributed by atoms with van der Waals surface area (Å²) in [7, 11) is 0. The van der Waals surface area contributed by atoms with Gasteiger partial charge in [0.2, 0.25) is 0 Å². The van der Waals surface area contributed by atoms with E-state index in [-0.39, 0.29) is 0 Å². The van der Waals surface area contributed by atoms with E-state index in [1.807, 2.05) is 18.2 Å². The van der Waals surface area contributed by atoms with Gasteiger partial charge in [0.25, 0.3) is 0 Å². The van der Waals surface area contributed by atoms with Crippen LogP contribution in [-0.4, -0.2) is 6.54 Å². The summed E-state index contributed by atoms with van der Waals surface area (Å²) in [5, 5.41) is 3.35. The van der Waals surface area contributed by atoms with Crippen molar-refractivity contribution in [1.29, 1.82) is 0 Å². The first-order valence-corrected chi connectivity index (χ1v) is 7.68. The Balaban J connectivity index is 1.82. The molecule has 0 spiro atoms. The second kappa shape index (κ2) is 7.89. The summed E-state index contributed by atoms with van der Waals surface area (Å²) >= 11 is 0. The Morgan fingerprint density at radius 3 is 2.62 bits per heavy atom. The molecule has 0 atom stereocenters. The molecule has 0 bridgehead atoms. The number of nitrogens with one attached hydrogen (secondary N) is 1. The van der Waals surface area contributed by atoms with E-state index in [0.29, 0.717) is 12.5 Å². The number of benzene rings is 1. The highest BCUT2D eigenvalue weighted by atomic mass is 16.5. The zero-order chi connectivity index (χ0) is 15.1. The lowest BCUT2D eigenvalue weighted by atomic mass is 10.0. The van der Waals surface area contributed by atoms with E-state index in [1.165, 1.54) is 5.56 Å². The molecule has 1 N–H and O–H groups in total. The molecule has 0 saturated carbocycles. The standard InChI is InChI=1S/C18H25NO2/c1-4-9-19-11-15-10-18(20-12-15)13-21-17-7-5-16(6-8-17)14(2)3/h5-8,10,12,14,19H,4,9,11,13H2,1-3H3. The average Bonchev–Trinajstić information content (AvgIpc) is 2.94. The number of ether oxygens (including phenoxy) is 1. The van der Waals surface area contributed by atoms with Crippen LogP contribution in [-0.2, 0) is 13.2 Å². The first-order chi connectivity index (χ1) is 10.2. The topological polar surface area (TPSA) is 34.4 Å². The van der Waals surface area contributed by atoms with E-state index in [1.54, 1.807) is 6.26 Å². The molecule has 2 aromatic rings. The molecular formula is C18H25NO2. The maximum absolute atomic E-state index is 5.75. The van der Waals surface area contributed by atoms with Gasteiger partial charge in [0, 0.05) is 12.1 Å². The van der Waals surface area contributed by atoms with E-state index in [4.69, 9.17) is 9.15 Å². The largest absolute Gasteiger partial charge is 0.486 e. The summed E-state index contributed by atoms with van der Waals surface area (Å²) in [6, 6.07) is 10.3. The van der Waals surface area contributed by atoms with Crippen LogP contribution in [0.4, 0.5) is 0 Å². The fraction of sp³-hybridized carbons (Fsp3) is 0.444. The maximum atomic E-state index is 5.75. The molecule has 0 saturated heterocycles. The van der Waals surface area contributed by atoms with E-state index in [0.717, 1.165) is 36.6 Å². The molecule has 0 aliphatic rings. The molecule has 1 aromatic heterocycles. The SMILES string of the molecule is CCCNCc1coc(COc2ccc(C(C)C)cc2)c1. The summed E-state index contributed by atoms with van der Waals surface area (Å²) in [5.41, 5.74) is 2.49. The second-order valence-corrected chi connectivity index (χ2v) is 5.61. The normalized spacial score (nSPS) is 11.0. The van der Waals surface area contributed by atoms with Gasteiger partial charge in [0.15, 0.2) is 0 Å². The van der Waals surface area contributed by atoms with Crippen molar-refractivity contribution in [2.75, 3.05) is 6.54 Å². The molecule has 0 unspecified atom stereocenters. The van der Waals surface area contributed by atoms with Crippen molar-refractivity contribution in [3.63, 3.8) is 0 Å². The van der Waals surface area contributed by atoms with Gasteiger partial charge in [-0.1, -0.05) is 32.9 Å². The van der Waals surface area contributed by atoms with Gasteiger partial charge >= 0.3 is 0 Å². The second-order valence-electron chi connectivity index (χ2n) is 5.61. The zero-order valence-corrected chi connectivity index (χ0v) is 13.2. The lowest BCUT2D eigenvalue weighted by Crippen LogP contribution is -2.13. The highest BCUT2D eigenvalue weighted by molar-refractivity contribution is 5.29. The Morgan fingerprint density at radius 1 is 1.19 bits per heavy atom. The Labute approximate surface area is 127 Å². The third-order valence-corrected chi connectivity index (χ3v) is 3.39. The van der Waals surface area contributed by atoms with Gasteiger partial charge < -0.3 is 14.5 Å². The molecule has 0 aliphatic carbocycles. The monoisotopic (exact) mass is 287 g/mol. The molecule has 0 radical (unpaired) electrons. The van der Waals surface area contributed by atoms with Crippen molar-refractivity contribution in [3.8, 4) is 5.75 Å². The lowest BCUT2D eigenvalue weighted by Gasteiger charge is -2.07. The van der Waals surface area contributed by atoms with Crippen molar-refractivity contribution in [1.82, 2.24) is 5.32 Å². The van der Waals surface area contributed by atoms with Crippen molar-refractivity contribution >= 4 is 0 Å². The minimum Gasteiger partial charge on any atom is -0.486 e. The fourth-order valence-corrected chi connectivity index (χ4v) is 2.11. The van der Waals surface area contributed by atoms with Gasteiger partial charge in [0.1, 0.15) is 18.1 Å². The molecule has 1 heterocycles. The van der Waals surface area contributed by atoms with Crippen LogP contribution < -0.4 is 10.1 Å². The van der Waals surface area contributed by atoms with Gasteiger partial charge in [-0.25, -0.2) is 0 Å². The third kappa shape index (κ3) is 4.94. The molecule has 0 aliphatic heterocycles. The Hall–Kier alpha value is -1.74. The molecular weight excluding hydrogens is 262 g/mol. The molecule has 0 amide bonds. The summed E-state index contributed by atoms with van der Waals surface area (Å²) in [6.07, 6.45) is 2.93. The van der Waals surface area contributed by atoms with Crippen LogP contribution in [0.1, 0.15) is 50.0 Å². The molecule has 0 fully saturated rings. The van der Waals surface area contributed by atoms with Gasteiger partial charge in [0.05, 0.1) is 6.26 Å². The molecule has 2 rings (SSSR count). The first kappa shape index (κ1) is 15.6. The smallest absolute Gasteiger partial charge is 0.146 e. The van der Waals surface area contributed by atoms with Gasteiger partial charge in [-0.05, 0) is 42.6 Å². The van der Waals surface area contributed by atoms with Crippen LogP contribution in [0.5, 0.6) is 5.75 Å². The van der Waals surface area contributed by atoms with Crippen LogP contribution in [0.25, 0.3) is 0 Å². The Kier molecular flexibility index (Phi) is 5.88. The minimum atomic E-state index is 0.467. The quantitative estimate of drug-likeness (QED) is 0.727. The maximum Gasteiger partial charge on any atom is 0.146 e. The van der Waals surface area contributed by atoms with Crippen molar-refractivity contribution in [2.45, 2.75) is 46.3 Å². The summed E-state index contributed by atoms with van der Waals surface area (Å²) in [4.78, 5) is 0. The highest BCUT2D eigenvalue weighted by Crippen LogP contribution is 2.19.